The minimum absolute atomic E-state index is 0.0629. The SMILES string of the molecule is CCOC(OCC)(P=O)C1OCC(CBr)O1. The van der Waals surface area contributed by atoms with Gasteiger partial charge in [-0.3, -0.25) is 4.57 Å². The number of hydrogen-bond donors (Lipinski definition) is 0. The normalized spacial score (nSPS) is 26.4. The Bertz CT molecular complexity index is 222. The van der Waals surface area contributed by atoms with Crippen molar-refractivity contribution in [2.45, 2.75) is 31.8 Å². The van der Waals surface area contributed by atoms with Gasteiger partial charge in [-0.05, 0) is 13.8 Å². The van der Waals surface area contributed by atoms with E-state index in [1.165, 1.54) is 0 Å². The van der Waals surface area contributed by atoms with Crippen LogP contribution >= 0.6 is 24.4 Å². The molecule has 1 aliphatic rings. The van der Waals surface area contributed by atoms with Crippen LogP contribution in [0.1, 0.15) is 13.8 Å². The lowest BCUT2D eigenvalue weighted by Crippen LogP contribution is -2.43. The van der Waals surface area contributed by atoms with Crippen LogP contribution in [0.4, 0.5) is 0 Å². The minimum atomic E-state index is -1.35. The number of alkyl halides is 1. The molecule has 16 heavy (non-hydrogen) atoms. The van der Waals surface area contributed by atoms with Gasteiger partial charge in [-0.1, -0.05) is 15.9 Å². The Balaban J connectivity index is 2.71. The number of hydrogen-bond acceptors (Lipinski definition) is 5. The van der Waals surface area contributed by atoms with Gasteiger partial charge in [0.1, 0.15) is 0 Å². The standard InChI is InChI=1S/C9H16BrO5P/c1-3-13-9(16-11,14-4-2)8-12-6-7(5-10)15-8/h7-8H,3-6H2,1-2H3. The number of ether oxygens (including phenoxy) is 4. The van der Waals surface area contributed by atoms with E-state index in [0.717, 1.165) is 0 Å². The van der Waals surface area contributed by atoms with Crippen LogP contribution in [0.3, 0.4) is 0 Å². The quantitative estimate of drug-likeness (QED) is 0.409. The van der Waals surface area contributed by atoms with Crippen LogP contribution in [0.2, 0.25) is 0 Å². The highest BCUT2D eigenvalue weighted by Crippen LogP contribution is 2.36. The van der Waals surface area contributed by atoms with E-state index in [4.69, 9.17) is 18.9 Å². The highest BCUT2D eigenvalue weighted by molar-refractivity contribution is 9.09. The lowest BCUT2D eigenvalue weighted by atomic mass is 10.5. The van der Waals surface area contributed by atoms with Crippen molar-refractivity contribution in [2.24, 2.45) is 0 Å². The molecule has 7 heteroatoms. The third-order valence-corrected chi connectivity index (χ3v) is 3.49. The minimum Gasteiger partial charge on any atom is -0.344 e. The molecule has 2 unspecified atom stereocenters. The van der Waals surface area contributed by atoms with Gasteiger partial charge in [-0.2, -0.15) is 0 Å². The smallest absolute Gasteiger partial charge is 0.304 e. The maximum atomic E-state index is 11.3. The fourth-order valence-electron chi connectivity index (χ4n) is 1.41. The fourth-order valence-corrected chi connectivity index (χ4v) is 2.33. The highest BCUT2D eigenvalue weighted by Gasteiger charge is 2.48. The summed E-state index contributed by atoms with van der Waals surface area (Å²) in [6.45, 7) is 4.79. The lowest BCUT2D eigenvalue weighted by molar-refractivity contribution is -0.277. The Morgan fingerprint density at radius 2 is 2.06 bits per heavy atom. The third-order valence-electron chi connectivity index (χ3n) is 2.05. The molecule has 0 radical (unpaired) electrons. The van der Waals surface area contributed by atoms with E-state index in [0.29, 0.717) is 25.2 Å². The molecule has 1 fully saturated rings. The van der Waals surface area contributed by atoms with Gasteiger partial charge in [0.15, 0.2) is 0 Å². The molecule has 0 saturated carbocycles. The first-order chi connectivity index (χ1) is 7.72. The van der Waals surface area contributed by atoms with Crippen molar-refractivity contribution in [3.05, 3.63) is 0 Å². The number of halogens is 1. The first-order valence-electron chi connectivity index (χ1n) is 5.17. The summed E-state index contributed by atoms with van der Waals surface area (Å²) in [5.74, 6) is 0. The summed E-state index contributed by atoms with van der Waals surface area (Å²) < 4.78 is 33.0. The molecule has 1 heterocycles. The molecule has 0 aliphatic carbocycles. The van der Waals surface area contributed by atoms with Crippen molar-refractivity contribution < 1.29 is 23.5 Å². The van der Waals surface area contributed by atoms with Gasteiger partial charge < -0.3 is 18.9 Å². The molecule has 0 bridgehead atoms. The van der Waals surface area contributed by atoms with E-state index in [2.05, 4.69) is 15.9 Å². The molecule has 0 spiro atoms. The van der Waals surface area contributed by atoms with E-state index >= 15 is 0 Å². The largest absolute Gasteiger partial charge is 0.344 e. The van der Waals surface area contributed by atoms with E-state index in [1.807, 2.05) is 0 Å². The van der Waals surface area contributed by atoms with Gasteiger partial charge in [0, 0.05) is 18.5 Å². The monoisotopic (exact) mass is 314 g/mol. The van der Waals surface area contributed by atoms with Gasteiger partial charge in [-0.25, -0.2) is 0 Å². The molecule has 0 N–H and O–H groups in total. The van der Waals surface area contributed by atoms with E-state index < -0.39 is 11.8 Å². The zero-order chi connectivity index (χ0) is 12.0. The zero-order valence-corrected chi connectivity index (χ0v) is 11.8. The molecule has 1 aliphatic heterocycles. The maximum Gasteiger partial charge on any atom is 0.304 e. The van der Waals surface area contributed by atoms with Crippen molar-refractivity contribution in [3.63, 3.8) is 0 Å². The average Bonchev–Trinajstić information content (AvgIpc) is 2.77. The molecular formula is C9H16BrO5P. The van der Waals surface area contributed by atoms with Crippen molar-refractivity contribution in [1.82, 2.24) is 0 Å². The Kier molecular flexibility index (Phi) is 6.32. The van der Waals surface area contributed by atoms with Gasteiger partial charge in [0.2, 0.25) is 14.8 Å². The van der Waals surface area contributed by atoms with E-state index in [9.17, 15) is 4.57 Å². The van der Waals surface area contributed by atoms with Gasteiger partial charge in [0.05, 0.1) is 12.7 Å². The average molecular weight is 315 g/mol. The Morgan fingerprint density at radius 1 is 1.44 bits per heavy atom. The predicted octanol–water partition coefficient (Wildman–Crippen LogP) is 2.14. The molecule has 2 atom stereocenters. The fraction of sp³-hybridized carbons (Fsp3) is 1.00. The van der Waals surface area contributed by atoms with Crippen LogP contribution in [0.25, 0.3) is 0 Å². The van der Waals surface area contributed by atoms with Crippen LogP contribution in [-0.4, -0.2) is 43.1 Å². The van der Waals surface area contributed by atoms with E-state index in [1.54, 1.807) is 13.8 Å². The first kappa shape index (κ1) is 14.5. The summed E-state index contributed by atoms with van der Waals surface area (Å²) in [6.07, 6.45) is -0.818. The predicted molar refractivity (Wildman–Crippen MR) is 62.0 cm³/mol. The summed E-state index contributed by atoms with van der Waals surface area (Å²) in [5, 5.41) is 0.660. The summed E-state index contributed by atoms with van der Waals surface area (Å²) in [6, 6.07) is 0. The summed E-state index contributed by atoms with van der Waals surface area (Å²) in [7, 11) is -0.293. The molecule has 5 nitrogen and oxygen atoms in total. The topological polar surface area (TPSA) is 54.0 Å². The molecule has 0 aromatic rings. The first-order valence-corrected chi connectivity index (χ1v) is 7.11. The van der Waals surface area contributed by atoms with Crippen LogP contribution < -0.4 is 0 Å². The summed E-state index contributed by atoms with van der Waals surface area (Å²) in [5.41, 5.74) is -1.35. The molecule has 0 aromatic heterocycles. The zero-order valence-electron chi connectivity index (χ0n) is 9.35. The Hall–Kier alpha value is 0.420. The van der Waals surface area contributed by atoms with Gasteiger partial charge >= 0.3 is 5.53 Å². The highest BCUT2D eigenvalue weighted by atomic mass is 79.9. The molecule has 0 aromatic carbocycles. The van der Waals surface area contributed by atoms with Crippen molar-refractivity contribution in [3.8, 4) is 0 Å². The van der Waals surface area contributed by atoms with Crippen LogP contribution in [0, 0.1) is 0 Å². The van der Waals surface area contributed by atoms with Crippen LogP contribution in [0.5, 0.6) is 0 Å². The molecule has 1 rings (SSSR count). The van der Waals surface area contributed by atoms with Gasteiger partial charge in [0.25, 0.3) is 0 Å². The molecule has 1 saturated heterocycles. The second-order valence-electron chi connectivity index (χ2n) is 3.17. The number of rotatable bonds is 7. The van der Waals surface area contributed by atoms with Crippen molar-refractivity contribution in [2.75, 3.05) is 25.2 Å². The Labute approximate surface area is 105 Å². The summed E-state index contributed by atoms with van der Waals surface area (Å²) >= 11 is 3.30. The van der Waals surface area contributed by atoms with Crippen molar-refractivity contribution in [1.29, 1.82) is 0 Å². The summed E-state index contributed by atoms with van der Waals surface area (Å²) in [4.78, 5) is 0. The van der Waals surface area contributed by atoms with Crippen LogP contribution in [-0.2, 0) is 23.5 Å². The molecule has 94 valence electrons. The van der Waals surface area contributed by atoms with Gasteiger partial charge in [-0.15, -0.1) is 0 Å². The lowest BCUT2D eigenvalue weighted by Gasteiger charge is -2.30. The Morgan fingerprint density at radius 3 is 2.44 bits per heavy atom. The molecular weight excluding hydrogens is 299 g/mol. The second-order valence-corrected chi connectivity index (χ2v) is 4.62. The maximum absolute atomic E-state index is 11.3. The molecule has 0 amide bonds. The third kappa shape index (κ3) is 3.22. The second kappa shape index (κ2) is 6.99. The van der Waals surface area contributed by atoms with Crippen molar-refractivity contribution >= 4 is 24.4 Å². The van der Waals surface area contributed by atoms with E-state index in [-0.39, 0.29) is 14.6 Å². The van der Waals surface area contributed by atoms with Crippen LogP contribution in [0.15, 0.2) is 0 Å².